The van der Waals surface area contributed by atoms with Crippen LogP contribution in [0.2, 0.25) is 0 Å². The average molecular weight is 337 g/mol. The Morgan fingerprint density at radius 2 is 2.00 bits per heavy atom. The van der Waals surface area contributed by atoms with Crippen LogP contribution in [0, 0.1) is 0 Å². The molecule has 0 radical (unpaired) electrons. The van der Waals surface area contributed by atoms with Crippen molar-refractivity contribution in [2.45, 2.75) is 32.8 Å². The van der Waals surface area contributed by atoms with Crippen molar-refractivity contribution in [3.05, 3.63) is 54.6 Å². The molecule has 0 bridgehead atoms. The number of aromatic nitrogens is 2. The number of rotatable bonds is 2. The van der Waals surface area contributed by atoms with Crippen molar-refractivity contribution in [2.24, 2.45) is 0 Å². The molecule has 0 fully saturated rings. The third-order valence-corrected chi connectivity index (χ3v) is 3.95. The Morgan fingerprint density at radius 1 is 1.20 bits per heavy atom. The van der Waals surface area contributed by atoms with Gasteiger partial charge in [-0.05, 0) is 44.9 Å². The third-order valence-electron chi connectivity index (χ3n) is 3.95. The molecular formula is C20H23N3O2. The lowest BCUT2D eigenvalue weighted by molar-refractivity contribution is 0.0270. The van der Waals surface area contributed by atoms with E-state index in [9.17, 15) is 4.79 Å². The monoisotopic (exact) mass is 337 g/mol. The number of carbonyl (C=O) groups is 1. The SMILES string of the molecule is CC(C)(C)OC(=O)N1CC=C(c2ncccc2-c2cccnc2)CC1. The van der Waals surface area contributed by atoms with Crippen LogP contribution in [0.4, 0.5) is 4.79 Å². The van der Waals surface area contributed by atoms with Crippen molar-refractivity contribution >= 4 is 11.7 Å². The normalized spacial score (nSPS) is 14.8. The summed E-state index contributed by atoms with van der Waals surface area (Å²) in [5.74, 6) is 0. The lowest BCUT2D eigenvalue weighted by Gasteiger charge is -2.29. The van der Waals surface area contributed by atoms with Crippen molar-refractivity contribution in [3.63, 3.8) is 0 Å². The quantitative estimate of drug-likeness (QED) is 0.825. The summed E-state index contributed by atoms with van der Waals surface area (Å²) in [6.45, 7) is 6.80. The van der Waals surface area contributed by atoms with Crippen LogP contribution in [0.15, 0.2) is 48.9 Å². The highest BCUT2D eigenvalue weighted by atomic mass is 16.6. The van der Waals surface area contributed by atoms with Crippen LogP contribution in [0.1, 0.15) is 32.9 Å². The van der Waals surface area contributed by atoms with Gasteiger partial charge in [0.05, 0.1) is 5.69 Å². The molecule has 1 aliphatic heterocycles. The van der Waals surface area contributed by atoms with Gasteiger partial charge >= 0.3 is 6.09 Å². The second kappa shape index (κ2) is 7.05. The minimum absolute atomic E-state index is 0.267. The summed E-state index contributed by atoms with van der Waals surface area (Å²) in [6, 6.07) is 7.94. The Kier molecular flexibility index (Phi) is 4.83. The largest absolute Gasteiger partial charge is 0.444 e. The maximum Gasteiger partial charge on any atom is 0.410 e. The minimum atomic E-state index is -0.477. The van der Waals surface area contributed by atoms with E-state index in [1.165, 1.54) is 0 Å². The summed E-state index contributed by atoms with van der Waals surface area (Å²) in [5.41, 5.74) is 3.74. The molecule has 2 aromatic heterocycles. The van der Waals surface area contributed by atoms with Gasteiger partial charge in [0, 0.05) is 42.8 Å². The van der Waals surface area contributed by atoms with Crippen LogP contribution in [-0.4, -0.2) is 39.7 Å². The van der Waals surface area contributed by atoms with E-state index in [-0.39, 0.29) is 6.09 Å². The summed E-state index contributed by atoms with van der Waals surface area (Å²) >= 11 is 0. The van der Waals surface area contributed by atoms with Crippen LogP contribution < -0.4 is 0 Å². The zero-order chi connectivity index (χ0) is 17.9. The molecule has 0 atom stereocenters. The molecular weight excluding hydrogens is 314 g/mol. The van der Waals surface area contributed by atoms with Gasteiger partial charge in [0.25, 0.3) is 0 Å². The van der Waals surface area contributed by atoms with Crippen LogP contribution in [0.5, 0.6) is 0 Å². The Morgan fingerprint density at radius 3 is 2.64 bits per heavy atom. The summed E-state index contributed by atoms with van der Waals surface area (Å²) < 4.78 is 5.45. The summed E-state index contributed by atoms with van der Waals surface area (Å²) in [5, 5.41) is 0. The molecule has 5 nitrogen and oxygen atoms in total. The van der Waals surface area contributed by atoms with Gasteiger partial charge in [-0.15, -0.1) is 0 Å². The minimum Gasteiger partial charge on any atom is -0.444 e. The zero-order valence-corrected chi connectivity index (χ0v) is 14.9. The maximum atomic E-state index is 12.2. The third kappa shape index (κ3) is 4.24. The smallest absolute Gasteiger partial charge is 0.410 e. The van der Waals surface area contributed by atoms with Crippen molar-refractivity contribution in [1.82, 2.24) is 14.9 Å². The molecule has 3 rings (SSSR count). The van der Waals surface area contributed by atoms with Gasteiger partial charge in [0.2, 0.25) is 0 Å². The highest BCUT2D eigenvalue weighted by Gasteiger charge is 2.24. The Bertz CT molecular complexity index is 779. The van der Waals surface area contributed by atoms with Gasteiger partial charge in [-0.25, -0.2) is 4.79 Å². The molecule has 2 aromatic rings. The van der Waals surface area contributed by atoms with Gasteiger partial charge in [-0.2, -0.15) is 0 Å². The van der Waals surface area contributed by atoms with E-state index in [0.29, 0.717) is 13.1 Å². The van der Waals surface area contributed by atoms with E-state index in [2.05, 4.69) is 22.1 Å². The summed E-state index contributed by atoms with van der Waals surface area (Å²) in [7, 11) is 0. The second-order valence-electron chi connectivity index (χ2n) is 7.05. The fourth-order valence-electron chi connectivity index (χ4n) is 2.79. The number of amides is 1. The summed E-state index contributed by atoms with van der Waals surface area (Å²) in [6.07, 6.45) is 7.96. The number of hydrogen-bond donors (Lipinski definition) is 0. The molecule has 1 aliphatic rings. The topological polar surface area (TPSA) is 55.3 Å². The molecule has 0 spiro atoms. The highest BCUT2D eigenvalue weighted by molar-refractivity contribution is 5.80. The first-order valence-corrected chi connectivity index (χ1v) is 8.47. The zero-order valence-electron chi connectivity index (χ0n) is 14.9. The van der Waals surface area contributed by atoms with Gasteiger partial charge in [0.15, 0.2) is 0 Å². The van der Waals surface area contributed by atoms with Crippen molar-refractivity contribution in [1.29, 1.82) is 0 Å². The molecule has 0 saturated heterocycles. The Hall–Kier alpha value is -2.69. The van der Waals surface area contributed by atoms with Crippen molar-refractivity contribution in [3.8, 4) is 11.1 Å². The number of nitrogens with zero attached hydrogens (tertiary/aromatic N) is 3. The first-order chi connectivity index (χ1) is 11.9. The van der Waals surface area contributed by atoms with Gasteiger partial charge in [-0.1, -0.05) is 18.2 Å². The molecule has 0 aliphatic carbocycles. The Balaban J connectivity index is 1.80. The van der Waals surface area contributed by atoms with E-state index >= 15 is 0 Å². The van der Waals surface area contributed by atoms with Crippen molar-refractivity contribution < 1.29 is 9.53 Å². The lowest BCUT2D eigenvalue weighted by atomic mass is 9.97. The number of ether oxygens (including phenoxy) is 1. The number of hydrogen-bond acceptors (Lipinski definition) is 4. The predicted octanol–water partition coefficient (Wildman–Crippen LogP) is 4.17. The average Bonchev–Trinajstić information content (AvgIpc) is 2.61. The first kappa shape index (κ1) is 17.1. The molecule has 0 saturated carbocycles. The van der Waals surface area contributed by atoms with Gasteiger partial charge < -0.3 is 9.64 Å². The molecule has 0 N–H and O–H groups in total. The number of carbonyl (C=O) groups excluding carboxylic acids is 1. The lowest BCUT2D eigenvalue weighted by Crippen LogP contribution is -2.39. The van der Waals surface area contributed by atoms with Crippen LogP contribution >= 0.6 is 0 Å². The molecule has 5 heteroatoms. The molecule has 0 aromatic carbocycles. The van der Waals surface area contributed by atoms with E-state index in [4.69, 9.17) is 4.74 Å². The fraction of sp³-hybridized carbons (Fsp3) is 0.350. The molecule has 130 valence electrons. The number of pyridine rings is 2. The maximum absolute atomic E-state index is 12.2. The standard InChI is InChI=1S/C20H23N3O2/c1-20(2,3)25-19(24)23-12-8-15(9-13-23)18-17(7-5-11-22-18)16-6-4-10-21-14-16/h4-8,10-11,14H,9,12-13H2,1-3H3. The van der Waals surface area contributed by atoms with Crippen LogP contribution in [-0.2, 0) is 4.74 Å². The van der Waals surface area contributed by atoms with E-state index in [0.717, 1.165) is 28.8 Å². The van der Waals surface area contributed by atoms with Crippen LogP contribution in [0.3, 0.4) is 0 Å². The van der Waals surface area contributed by atoms with E-state index in [1.807, 2.05) is 45.2 Å². The summed E-state index contributed by atoms with van der Waals surface area (Å²) in [4.78, 5) is 22.7. The van der Waals surface area contributed by atoms with E-state index < -0.39 is 5.60 Å². The van der Waals surface area contributed by atoms with E-state index in [1.54, 1.807) is 17.3 Å². The Labute approximate surface area is 148 Å². The van der Waals surface area contributed by atoms with Crippen molar-refractivity contribution in [2.75, 3.05) is 13.1 Å². The van der Waals surface area contributed by atoms with Gasteiger partial charge in [0.1, 0.15) is 5.60 Å². The molecule has 0 unspecified atom stereocenters. The molecule has 1 amide bonds. The second-order valence-corrected chi connectivity index (χ2v) is 7.05. The molecule has 25 heavy (non-hydrogen) atoms. The van der Waals surface area contributed by atoms with Gasteiger partial charge in [-0.3, -0.25) is 9.97 Å². The first-order valence-electron chi connectivity index (χ1n) is 8.47. The fourth-order valence-corrected chi connectivity index (χ4v) is 2.79. The molecule has 3 heterocycles. The highest BCUT2D eigenvalue weighted by Crippen LogP contribution is 2.30. The van der Waals surface area contributed by atoms with Crippen LogP contribution in [0.25, 0.3) is 16.7 Å². The predicted molar refractivity (Wildman–Crippen MR) is 97.9 cm³/mol.